The molecule has 0 amide bonds. The molecule has 2 aromatic carbocycles. The van der Waals surface area contributed by atoms with Crippen LogP contribution in [0.1, 0.15) is 17.5 Å². The molecule has 0 saturated heterocycles. The first-order valence-electron chi connectivity index (χ1n) is 8.53. The number of aryl methyl sites for hydroxylation is 1. The number of hydrogen-bond acceptors (Lipinski definition) is 4. The van der Waals surface area contributed by atoms with Crippen LogP contribution >= 0.6 is 0 Å². The van der Waals surface area contributed by atoms with Gasteiger partial charge in [-0.05, 0) is 12.0 Å². The zero-order chi connectivity index (χ0) is 19.6. The molecule has 3 rings (SSSR count). The van der Waals surface area contributed by atoms with Crippen molar-refractivity contribution in [3.63, 3.8) is 0 Å². The average molecular weight is 394 g/mol. The van der Waals surface area contributed by atoms with Crippen LogP contribution < -0.4 is 4.70 Å². The smallest absolute Gasteiger partial charge is 0.762 e. The summed E-state index contributed by atoms with van der Waals surface area (Å²) in [5.41, 5.74) is 2.28. The van der Waals surface area contributed by atoms with Crippen molar-refractivity contribution in [1.29, 1.82) is 0 Å². The molecule has 4 nitrogen and oxygen atoms in total. The fourth-order valence-corrected chi connectivity index (χ4v) is 2.72. The van der Waals surface area contributed by atoms with Crippen LogP contribution in [0.4, 0.5) is 12.9 Å². The van der Waals surface area contributed by atoms with E-state index < -0.39 is 7.54 Å². The quantitative estimate of drug-likeness (QED) is 0.533. The van der Waals surface area contributed by atoms with Crippen molar-refractivity contribution in [2.75, 3.05) is 20.3 Å². The molecule has 1 aliphatic heterocycles. The first-order valence-corrected chi connectivity index (χ1v) is 8.53. The molecule has 2 aromatic rings. The lowest BCUT2D eigenvalue weighted by Gasteiger charge is -2.16. The molecule has 0 aliphatic carbocycles. The minimum Gasteiger partial charge on any atom is -1.00 e. The molecule has 0 fully saturated rings. The highest BCUT2D eigenvalue weighted by molar-refractivity contribution is 6.33. The van der Waals surface area contributed by atoms with Gasteiger partial charge >= 0.3 is 7.54 Å². The number of Topliss-reactive ketones (excluding diaryl/α,β-unsaturated/α-hetero) is 1. The highest BCUT2D eigenvalue weighted by atomic mass is 19.4. The van der Waals surface area contributed by atoms with Gasteiger partial charge in [-0.1, -0.05) is 60.7 Å². The van der Waals surface area contributed by atoms with Crippen LogP contribution in [0.3, 0.4) is 0 Å². The number of carbonyl (C=O) groups is 1. The fraction of sp³-hybridized carbons (Fsp3) is 0.263. The highest BCUT2D eigenvalue weighted by Gasteiger charge is 2.22. The summed E-state index contributed by atoms with van der Waals surface area (Å²) in [6.45, 7) is 1.02. The van der Waals surface area contributed by atoms with Crippen molar-refractivity contribution in [2.45, 2.75) is 12.8 Å². The third-order valence-electron chi connectivity index (χ3n) is 3.90. The Labute approximate surface area is 162 Å². The average Bonchev–Trinajstić information content (AvgIpc) is 3.01. The van der Waals surface area contributed by atoms with Crippen molar-refractivity contribution in [2.24, 2.45) is 5.10 Å². The first-order chi connectivity index (χ1) is 13.0. The lowest BCUT2D eigenvalue weighted by molar-refractivity contribution is -0.120. The Morgan fingerprint density at radius 2 is 1.57 bits per heavy atom. The number of rotatable bonds is 6. The van der Waals surface area contributed by atoms with Crippen LogP contribution in [0.5, 0.6) is 0 Å². The third kappa shape index (κ3) is 7.81. The van der Waals surface area contributed by atoms with E-state index >= 15 is 0 Å². The fourth-order valence-electron chi connectivity index (χ4n) is 2.72. The van der Waals surface area contributed by atoms with Gasteiger partial charge in [-0.25, -0.2) is 0 Å². The van der Waals surface area contributed by atoms with Crippen molar-refractivity contribution in [3.05, 3.63) is 71.8 Å². The van der Waals surface area contributed by atoms with E-state index in [2.05, 4.69) is 22.1 Å². The molecule has 0 unspecified atom stereocenters. The maximum absolute atomic E-state index is 12.2. The summed E-state index contributed by atoms with van der Waals surface area (Å²) in [6, 6.07) is 20.2. The second kappa shape index (κ2) is 11.8. The topological polar surface area (TPSA) is 35.9 Å². The summed E-state index contributed by atoms with van der Waals surface area (Å²) < 4.78 is 29.0. The molecule has 0 aromatic heterocycles. The van der Waals surface area contributed by atoms with Crippen LogP contribution in [-0.4, -0.2) is 49.3 Å². The molecule has 0 spiro atoms. The van der Waals surface area contributed by atoms with Gasteiger partial charge in [-0.15, -0.1) is 0 Å². The van der Waals surface area contributed by atoms with Gasteiger partial charge in [0.1, 0.15) is 6.67 Å². The van der Waals surface area contributed by atoms with E-state index in [1.807, 2.05) is 60.6 Å². The summed E-state index contributed by atoms with van der Waals surface area (Å²) in [7, 11) is -1.67. The lowest BCUT2D eigenvalue weighted by atomic mass is 10.1. The van der Waals surface area contributed by atoms with Crippen molar-refractivity contribution < 1.29 is 22.4 Å². The van der Waals surface area contributed by atoms with Crippen molar-refractivity contribution in [3.8, 4) is 0 Å². The molecule has 1 aliphatic rings. The van der Waals surface area contributed by atoms with E-state index in [-0.39, 0.29) is 10.5 Å². The summed E-state index contributed by atoms with van der Waals surface area (Å²) in [4.78, 5) is 14.3. The summed E-state index contributed by atoms with van der Waals surface area (Å²) >= 11 is 0. The zero-order valence-corrected chi connectivity index (χ0v) is 15.4. The number of hydrogen-bond donors (Lipinski definition) is 0. The molecule has 0 N–H and O–H groups in total. The molecule has 28 heavy (non-hydrogen) atoms. The lowest BCUT2D eigenvalue weighted by Crippen LogP contribution is -3.00. The Morgan fingerprint density at radius 3 is 2.14 bits per heavy atom. The number of hydrazone groups is 1. The van der Waals surface area contributed by atoms with E-state index in [4.69, 9.17) is 0 Å². The number of nitrogens with zero attached hydrogens (tertiary/aromatic N) is 3. The molecule has 0 saturated carbocycles. The van der Waals surface area contributed by atoms with Crippen LogP contribution in [0, 0.1) is 0 Å². The second-order valence-electron chi connectivity index (χ2n) is 6.07. The number of ketones is 1. The van der Waals surface area contributed by atoms with Crippen LogP contribution in [0.25, 0.3) is 0 Å². The Hall–Kier alpha value is -2.84. The van der Waals surface area contributed by atoms with E-state index in [1.165, 1.54) is 5.56 Å². The van der Waals surface area contributed by atoms with Crippen LogP contribution in [0.15, 0.2) is 65.8 Å². The molecule has 0 radical (unpaired) electrons. The number of amidine groups is 1. The largest absolute Gasteiger partial charge is 1.00 e. The van der Waals surface area contributed by atoms with Gasteiger partial charge in [0.15, 0.2) is 11.6 Å². The molecular weight excluding hydrogens is 373 g/mol. The zero-order valence-electron chi connectivity index (χ0n) is 15.4. The Morgan fingerprint density at radius 1 is 1.04 bits per heavy atom. The Balaban J connectivity index is 0.000000717. The number of halogens is 4. The molecule has 0 atom stereocenters. The van der Waals surface area contributed by atoms with Gasteiger partial charge < -0.3 is 9.60 Å². The summed E-state index contributed by atoms with van der Waals surface area (Å²) in [5, 5.41) is 6.43. The van der Waals surface area contributed by atoms with Gasteiger partial charge in [-0.3, -0.25) is 22.8 Å². The van der Waals surface area contributed by atoms with Gasteiger partial charge in [0.2, 0.25) is 0 Å². The predicted octanol–water partition coefficient (Wildman–Crippen LogP) is 0.639. The van der Waals surface area contributed by atoms with Crippen molar-refractivity contribution >= 4 is 19.2 Å². The molecular formula is C19H21BF4N3O-. The molecule has 150 valence electrons. The van der Waals surface area contributed by atoms with E-state index in [9.17, 15) is 17.7 Å². The summed E-state index contributed by atoms with van der Waals surface area (Å²) in [6.07, 6.45) is 1.35. The maximum atomic E-state index is 12.2. The van der Waals surface area contributed by atoms with Gasteiger partial charge in [0.05, 0.1) is 6.54 Å². The SMILES string of the molecule is CN1CN(CC(=O)CCc2ccccc2)N=C1c1ccccc1.FB(F)F.[F-]. The van der Waals surface area contributed by atoms with E-state index in [1.54, 1.807) is 0 Å². The highest BCUT2D eigenvalue weighted by Crippen LogP contribution is 2.13. The standard InChI is InChI=1S/C19H21N3O.BF3.FH/c1-21-15-22(20-19(21)17-10-6-3-7-11-17)14-18(23)13-12-16-8-4-2-5-9-16;2-1(3)4;/h2-11H,12-15H2,1H3;;1H/p-1. The predicted molar refractivity (Wildman–Crippen MR) is 101 cm³/mol. The third-order valence-corrected chi connectivity index (χ3v) is 3.90. The summed E-state index contributed by atoms with van der Waals surface area (Å²) in [5.74, 6) is 1.14. The maximum Gasteiger partial charge on any atom is 0.762 e. The van der Waals surface area contributed by atoms with Crippen LogP contribution in [0.2, 0.25) is 0 Å². The van der Waals surface area contributed by atoms with Gasteiger partial charge in [0.25, 0.3) is 0 Å². The number of carbonyl (C=O) groups excluding carboxylic acids is 1. The minimum absolute atomic E-state index is 0. The Bertz CT molecular complexity index is 745. The van der Waals surface area contributed by atoms with Gasteiger partial charge in [0, 0.05) is 19.0 Å². The number of benzene rings is 2. The minimum atomic E-state index is -3.67. The Kier molecular flexibility index (Phi) is 9.77. The molecule has 1 heterocycles. The molecule has 9 heteroatoms. The van der Waals surface area contributed by atoms with Gasteiger partial charge in [-0.2, -0.15) is 5.10 Å². The first kappa shape index (κ1) is 23.2. The monoisotopic (exact) mass is 394 g/mol. The van der Waals surface area contributed by atoms with E-state index in [0.29, 0.717) is 19.6 Å². The molecule has 0 bridgehead atoms. The normalized spacial score (nSPS) is 12.5. The van der Waals surface area contributed by atoms with E-state index in [0.717, 1.165) is 17.8 Å². The van der Waals surface area contributed by atoms with Crippen LogP contribution in [-0.2, 0) is 11.2 Å². The van der Waals surface area contributed by atoms with Crippen molar-refractivity contribution in [1.82, 2.24) is 9.91 Å². The second-order valence-corrected chi connectivity index (χ2v) is 6.07.